The molecule has 38 valence electrons. The van der Waals surface area contributed by atoms with Gasteiger partial charge in [-0.3, -0.25) is 0 Å². The van der Waals surface area contributed by atoms with Crippen LogP contribution in [0.5, 0.6) is 0 Å². The lowest BCUT2D eigenvalue weighted by Gasteiger charge is -1.78. The monoisotopic (exact) mass is 118 g/mol. The number of terminal acetylenes is 1. The van der Waals surface area contributed by atoms with Gasteiger partial charge in [0.15, 0.2) is 6.61 Å². The van der Waals surface area contributed by atoms with Crippen molar-refractivity contribution in [3.05, 3.63) is 0 Å². The van der Waals surface area contributed by atoms with Gasteiger partial charge in [-0.15, -0.1) is 10.9 Å². The maximum atomic E-state index is 9.48. The van der Waals surface area contributed by atoms with Gasteiger partial charge in [0.1, 0.15) is 0 Å². The minimum atomic E-state index is -2.75. The smallest absolute Gasteiger partial charge is 0.489 e. The van der Waals surface area contributed by atoms with Crippen LogP contribution in [0.15, 0.2) is 0 Å². The van der Waals surface area contributed by atoms with E-state index in [-0.39, 0.29) is 6.61 Å². The highest BCUT2D eigenvalue weighted by Gasteiger charge is 1.94. The highest BCUT2D eigenvalue weighted by molar-refractivity contribution is 7.30. The van der Waals surface area contributed by atoms with Crippen molar-refractivity contribution < 1.29 is 14.0 Å². The van der Waals surface area contributed by atoms with Crippen LogP contribution in [-0.2, 0) is 9.09 Å². The zero-order valence-corrected chi connectivity index (χ0v) is 4.35. The van der Waals surface area contributed by atoms with Gasteiger partial charge >= 0.3 is 8.25 Å². The molecule has 1 atom stereocenters. The Kier molecular flexibility index (Phi) is 3.53. The van der Waals surface area contributed by atoms with Crippen LogP contribution in [0.1, 0.15) is 0 Å². The molecule has 0 aromatic rings. The van der Waals surface area contributed by atoms with E-state index in [1.807, 2.05) is 5.92 Å². The Morgan fingerprint density at radius 3 is 2.71 bits per heavy atom. The first-order valence-corrected chi connectivity index (χ1v) is 2.57. The summed E-state index contributed by atoms with van der Waals surface area (Å²) < 4.78 is 13.4. The Morgan fingerprint density at radius 1 is 2.00 bits per heavy atom. The quantitative estimate of drug-likeness (QED) is 0.368. The van der Waals surface area contributed by atoms with E-state index in [1.165, 1.54) is 0 Å². The summed E-state index contributed by atoms with van der Waals surface area (Å²) in [6.45, 7) is -0.168. The van der Waals surface area contributed by atoms with Crippen LogP contribution >= 0.6 is 8.25 Å². The topological polar surface area (TPSA) is 49.4 Å². The Morgan fingerprint density at radius 2 is 2.57 bits per heavy atom. The molecule has 0 N–H and O–H groups in total. The zero-order valence-electron chi connectivity index (χ0n) is 3.46. The number of rotatable bonds is 2. The Balaban J connectivity index is 3.02. The van der Waals surface area contributed by atoms with Crippen LogP contribution in [0.3, 0.4) is 0 Å². The largest absolute Gasteiger partial charge is 0.566 e. The molecule has 0 spiro atoms. The summed E-state index contributed by atoms with van der Waals surface area (Å²) in [5.41, 5.74) is 0. The van der Waals surface area contributed by atoms with Gasteiger partial charge in [0.2, 0.25) is 0 Å². The first kappa shape index (κ1) is 6.58. The van der Waals surface area contributed by atoms with Crippen molar-refractivity contribution in [1.82, 2.24) is 0 Å². The third-order valence-corrected chi connectivity index (χ3v) is 0.593. The summed E-state index contributed by atoms with van der Waals surface area (Å²) in [7, 11) is -2.75. The van der Waals surface area contributed by atoms with Crippen LogP contribution in [0.4, 0.5) is 0 Å². The third kappa shape index (κ3) is 5.58. The Labute approximate surface area is 42.3 Å². The standard InChI is InChI=1S/C3H3O3P/c1-2-3-6-7(4)5/h1H,3H2. The van der Waals surface area contributed by atoms with Crippen molar-refractivity contribution in [3.8, 4) is 12.3 Å². The fourth-order valence-corrected chi connectivity index (χ4v) is 0.270. The van der Waals surface area contributed by atoms with Crippen LogP contribution in [0.2, 0.25) is 0 Å². The molecular formula is C3H3O3P. The minimum absolute atomic E-state index is 0.168. The summed E-state index contributed by atoms with van der Waals surface area (Å²) >= 11 is 0. The molecule has 0 rings (SSSR count). The van der Waals surface area contributed by atoms with Crippen molar-refractivity contribution in [3.63, 3.8) is 0 Å². The van der Waals surface area contributed by atoms with Crippen LogP contribution in [0.25, 0.3) is 0 Å². The number of hydrogen-bond donors (Lipinski definition) is 0. The first-order chi connectivity index (χ1) is 3.27. The molecule has 0 bridgehead atoms. The fraction of sp³-hybridized carbons (Fsp3) is 0.333. The molecule has 0 aliphatic carbocycles. The predicted molar refractivity (Wildman–Crippen MR) is 22.4 cm³/mol. The molecule has 0 saturated heterocycles. The van der Waals surface area contributed by atoms with Crippen molar-refractivity contribution in [2.45, 2.75) is 0 Å². The SMILES string of the molecule is C#CCO[P+](=O)[O-]. The molecule has 0 aliphatic rings. The average molecular weight is 118 g/mol. The van der Waals surface area contributed by atoms with Crippen molar-refractivity contribution in [2.24, 2.45) is 0 Å². The zero-order chi connectivity index (χ0) is 5.70. The summed E-state index contributed by atoms with van der Waals surface area (Å²) in [6.07, 6.45) is 4.63. The van der Waals surface area contributed by atoms with E-state index >= 15 is 0 Å². The molecule has 0 saturated carbocycles. The lowest BCUT2D eigenvalue weighted by molar-refractivity contribution is -0.184. The molecule has 4 heteroatoms. The molecular weight excluding hydrogens is 115 g/mol. The lowest BCUT2D eigenvalue weighted by Crippen LogP contribution is -1.90. The van der Waals surface area contributed by atoms with Gasteiger partial charge in [0.25, 0.3) is 0 Å². The summed E-state index contributed by atoms with van der Waals surface area (Å²) in [5, 5.41) is 0. The van der Waals surface area contributed by atoms with Gasteiger partial charge in [-0.1, -0.05) is 5.92 Å². The van der Waals surface area contributed by atoms with Gasteiger partial charge in [0.05, 0.1) is 0 Å². The van der Waals surface area contributed by atoms with E-state index in [0.29, 0.717) is 0 Å². The molecule has 0 aromatic heterocycles. The van der Waals surface area contributed by atoms with Crippen molar-refractivity contribution in [1.29, 1.82) is 0 Å². The van der Waals surface area contributed by atoms with Crippen LogP contribution in [0, 0.1) is 12.3 Å². The second kappa shape index (κ2) is 3.76. The lowest BCUT2D eigenvalue weighted by atomic mass is 10.8. The first-order valence-electron chi connectivity index (χ1n) is 1.48. The molecule has 0 aromatic carbocycles. The molecule has 3 nitrogen and oxygen atoms in total. The molecule has 7 heavy (non-hydrogen) atoms. The summed E-state index contributed by atoms with van der Waals surface area (Å²) in [6, 6.07) is 0. The fourth-order valence-electron chi connectivity index (χ4n) is 0.0900. The second-order valence-corrected chi connectivity index (χ2v) is 1.41. The van der Waals surface area contributed by atoms with Crippen molar-refractivity contribution >= 4 is 8.25 Å². The van der Waals surface area contributed by atoms with Crippen molar-refractivity contribution in [2.75, 3.05) is 6.61 Å². The molecule has 0 aliphatic heterocycles. The third-order valence-electron chi connectivity index (χ3n) is 0.253. The Bertz CT molecular complexity index is 103. The van der Waals surface area contributed by atoms with Gasteiger partial charge in [-0.2, -0.15) is 0 Å². The van der Waals surface area contributed by atoms with Crippen LogP contribution in [-0.4, -0.2) is 6.61 Å². The minimum Gasteiger partial charge on any atom is -0.566 e. The van der Waals surface area contributed by atoms with E-state index < -0.39 is 8.25 Å². The van der Waals surface area contributed by atoms with Crippen LogP contribution < -0.4 is 4.89 Å². The molecule has 0 heterocycles. The average Bonchev–Trinajstić information content (AvgIpc) is 1.61. The predicted octanol–water partition coefficient (Wildman–Crippen LogP) is -0.346. The van der Waals surface area contributed by atoms with E-state index in [1.54, 1.807) is 0 Å². The molecule has 0 radical (unpaired) electrons. The highest BCUT2D eigenvalue weighted by Crippen LogP contribution is 2.05. The molecule has 0 fully saturated rings. The van der Waals surface area contributed by atoms with E-state index in [4.69, 9.17) is 0 Å². The summed E-state index contributed by atoms with van der Waals surface area (Å²) in [4.78, 5) is 9.48. The number of hydrogen-bond acceptors (Lipinski definition) is 3. The van der Waals surface area contributed by atoms with E-state index in [2.05, 4.69) is 10.9 Å². The van der Waals surface area contributed by atoms with E-state index in [0.717, 1.165) is 0 Å². The van der Waals surface area contributed by atoms with Gasteiger partial charge in [0, 0.05) is 0 Å². The van der Waals surface area contributed by atoms with E-state index in [9.17, 15) is 9.46 Å². The highest BCUT2D eigenvalue weighted by atomic mass is 31.1. The molecule has 0 amide bonds. The normalized spacial score (nSPS) is 10.0. The Hall–Kier alpha value is -0.420. The van der Waals surface area contributed by atoms with Gasteiger partial charge < -0.3 is 4.89 Å². The second-order valence-electron chi connectivity index (χ2n) is 0.701. The van der Waals surface area contributed by atoms with Gasteiger partial charge in [-0.25, -0.2) is 0 Å². The molecule has 1 unspecified atom stereocenters. The summed E-state index contributed by atoms with van der Waals surface area (Å²) in [5.74, 6) is 1.99. The van der Waals surface area contributed by atoms with Gasteiger partial charge in [-0.05, 0) is 4.57 Å². The maximum absolute atomic E-state index is 9.48. The maximum Gasteiger partial charge on any atom is 0.489 e.